The monoisotopic (exact) mass is 339 g/mol. The molecule has 0 saturated carbocycles. The van der Waals surface area contributed by atoms with Crippen LogP contribution in [0, 0.1) is 13.8 Å². The van der Waals surface area contributed by atoms with E-state index in [4.69, 9.17) is 9.40 Å². The maximum Gasteiger partial charge on any atom is 0.191 e. The molecular weight excluding hydrogens is 322 g/mol. The lowest BCUT2D eigenvalue weighted by Crippen LogP contribution is -1.95. The third kappa shape index (κ3) is 2.50. The van der Waals surface area contributed by atoms with Crippen LogP contribution in [-0.2, 0) is 12.8 Å². The molecule has 0 bridgehead atoms. The van der Waals surface area contributed by atoms with Gasteiger partial charge >= 0.3 is 0 Å². The van der Waals surface area contributed by atoms with Gasteiger partial charge in [-0.05, 0) is 31.5 Å². The molecule has 6 nitrogen and oxygen atoms in total. The van der Waals surface area contributed by atoms with Gasteiger partial charge in [-0.1, -0.05) is 17.8 Å². The van der Waals surface area contributed by atoms with Crippen LogP contribution in [0.4, 0.5) is 0 Å². The van der Waals surface area contributed by atoms with Crippen LogP contribution < -0.4 is 0 Å². The van der Waals surface area contributed by atoms with Crippen molar-refractivity contribution in [3.63, 3.8) is 0 Å². The number of pyridine rings is 1. The first-order valence-electron chi connectivity index (χ1n) is 7.63. The van der Waals surface area contributed by atoms with Gasteiger partial charge in [0.25, 0.3) is 0 Å². The van der Waals surface area contributed by atoms with Crippen molar-refractivity contribution in [2.75, 3.05) is 0 Å². The summed E-state index contributed by atoms with van der Waals surface area (Å²) in [5.41, 5.74) is 4.17. The van der Waals surface area contributed by atoms with Gasteiger partial charge in [-0.25, -0.2) is 4.98 Å². The van der Waals surface area contributed by atoms with Gasteiger partial charge in [-0.15, -0.1) is 10.2 Å². The number of aryl methyl sites for hydroxylation is 2. The Labute approximate surface area is 143 Å². The fourth-order valence-corrected chi connectivity index (χ4v) is 3.50. The Morgan fingerprint density at radius 3 is 2.83 bits per heavy atom. The van der Waals surface area contributed by atoms with E-state index in [1.165, 1.54) is 5.56 Å². The van der Waals surface area contributed by atoms with Crippen LogP contribution in [0.2, 0.25) is 0 Å². The molecule has 0 spiro atoms. The molecule has 0 aliphatic carbocycles. The SMILES string of the molecule is Cc1occc1-c1nnc(SCc2cn3cccc(C)c3n2)n1C. The van der Waals surface area contributed by atoms with Gasteiger partial charge in [0.2, 0.25) is 0 Å². The number of rotatable bonds is 4. The molecule has 4 rings (SSSR count). The molecule has 0 unspecified atom stereocenters. The molecule has 0 aliphatic rings. The number of fused-ring (bicyclic) bond motifs is 1. The summed E-state index contributed by atoms with van der Waals surface area (Å²) in [5.74, 6) is 2.41. The second-order valence-corrected chi connectivity index (χ2v) is 6.64. The summed E-state index contributed by atoms with van der Waals surface area (Å²) in [6.07, 6.45) is 5.75. The third-order valence-corrected chi connectivity index (χ3v) is 5.07. The first-order valence-corrected chi connectivity index (χ1v) is 8.62. The molecule has 4 heterocycles. The van der Waals surface area contributed by atoms with E-state index in [1.54, 1.807) is 18.0 Å². The van der Waals surface area contributed by atoms with Crippen molar-refractivity contribution in [3.8, 4) is 11.4 Å². The van der Waals surface area contributed by atoms with E-state index >= 15 is 0 Å². The first kappa shape index (κ1) is 15.0. The third-order valence-electron chi connectivity index (χ3n) is 4.01. The topological polar surface area (TPSA) is 61.1 Å². The normalized spacial score (nSPS) is 11.5. The number of imidazole rings is 1. The minimum atomic E-state index is 0.747. The van der Waals surface area contributed by atoms with E-state index in [9.17, 15) is 0 Å². The lowest BCUT2D eigenvalue weighted by Gasteiger charge is -2.02. The molecule has 0 amide bonds. The first-order chi connectivity index (χ1) is 11.6. The second-order valence-electron chi connectivity index (χ2n) is 5.70. The van der Waals surface area contributed by atoms with Crippen molar-refractivity contribution < 1.29 is 4.42 Å². The zero-order valence-corrected chi connectivity index (χ0v) is 14.5. The summed E-state index contributed by atoms with van der Waals surface area (Å²) in [5, 5.41) is 9.45. The maximum absolute atomic E-state index is 5.36. The molecule has 122 valence electrons. The van der Waals surface area contributed by atoms with Gasteiger partial charge in [-0.3, -0.25) is 0 Å². The number of hydrogen-bond donors (Lipinski definition) is 0. The zero-order valence-electron chi connectivity index (χ0n) is 13.7. The molecule has 7 heteroatoms. The van der Waals surface area contributed by atoms with Crippen LogP contribution >= 0.6 is 11.8 Å². The lowest BCUT2D eigenvalue weighted by atomic mass is 10.2. The fourth-order valence-electron chi connectivity index (χ4n) is 2.70. The molecule has 24 heavy (non-hydrogen) atoms. The summed E-state index contributed by atoms with van der Waals surface area (Å²) in [4.78, 5) is 4.70. The Morgan fingerprint density at radius 1 is 1.21 bits per heavy atom. The van der Waals surface area contributed by atoms with Crippen LogP contribution in [-0.4, -0.2) is 24.1 Å². The number of furan rings is 1. The van der Waals surface area contributed by atoms with Gasteiger partial charge in [0.05, 0.1) is 17.5 Å². The summed E-state index contributed by atoms with van der Waals surface area (Å²) >= 11 is 1.63. The molecule has 0 aliphatic heterocycles. The van der Waals surface area contributed by atoms with E-state index in [1.807, 2.05) is 36.9 Å². The van der Waals surface area contributed by atoms with Crippen LogP contribution in [0.3, 0.4) is 0 Å². The Kier molecular flexibility index (Phi) is 3.65. The van der Waals surface area contributed by atoms with Gasteiger partial charge in [0, 0.05) is 25.2 Å². The average molecular weight is 339 g/mol. The molecular formula is C17H17N5OS. The smallest absolute Gasteiger partial charge is 0.191 e. The van der Waals surface area contributed by atoms with E-state index in [0.29, 0.717) is 0 Å². The average Bonchev–Trinajstić information content (AvgIpc) is 3.25. The summed E-state index contributed by atoms with van der Waals surface area (Å²) in [6.45, 7) is 4.00. The molecule has 0 radical (unpaired) electrons. The number of aromatic nitrogens is 5. The highest BCUT2D eigenvalue weighted by Crippen LogP contribution is 2.27. The number of thioether (sulfide) groups is 1. The van der Waals surface area contributed by atoms with Crippen LogP contribution in [0.25, 0.3) is 17.0 Å². The van der Waals surface area contributed by atoms with Gasteiger partial charge in [0.15, 0.2) is 11.0 Å². The number of nitrogens with zero attached hydrogens (tertiary/aromatic N) is 5. The molecule has 0 atom stereocenters. The fraction of sp³-hybridized carbons (Fsp3) is 0.235. The Bertz CT molecular complexity index is 1010. The predicted octanol–water partition coefficient (Wildman–Crippen LogP) is 3.63. The summed E-state index contributed by atoms with van der Waals surface area (Å²) in [7, 11) is 1.97. The Morgan fingerprint density at radius 2 is 2.08 bits per heavy atom. The van der Waals surface area contributed by atoms with E-state index in [2.05, 4.69) is 33.8 Å². The van der Waals surface area contributed by atoms with Crippen LogP contribution in [0.15, 0.2) is 46.4 Å². The zero-order chi connectivity index (χ0) is 16.7. The van der Waals surface area contributed by atoms with E-state index < -0.39 is 0 Å². The lowest BCUT2D eigenvalue weighted by molar-refractivity contribution is 0.534. The molecule has 4 aromatic rings. The highest BCUT2D eigenvalue weighted by atomic mass is 32.2. The van der Waals surface area contributed by atoms with Crippen molar-refractivity contribution in [1.82, 2.24) is 24.1 Å². The van der Waals surface area contributed by atoms with E-state index in [-0.39, 0.29) is 0 Å². The second kappa shape index (κ2) is 5.83. The van der Waals surface area contributed by atoms with Gasteiger partial charge < -0.3 is 13.4 Å². The van der Waals surface area contributed by atoms with Crippen molar-refractivity contribution in [1.29, 1.82) is 0 Å². The summed E-state index contributed by atoms with van der Waals surface area (Å²) in [6, 6.07) is 6.02. The minimum Gasteiger partial charge on any atom is -0.469 e. The summed E-state index contributed by atoms with van der Waals surface area (Å²) < 4.78 is 9.40. The maximum atomic E-state index is 5.36. The highest BCUT2D eigenvalue weighted by Gasteiger charge is 2.15. The van der Waals surface area contributed by atoms with E-state index in [0.717, 1.165) is 39.4 Å². The predicted molar refractivity (Wildman–Crippen MR) is 92.9 cm³/mol. The minimum absolute atomic E-state index is 0.747. The largest absolute Gasteiger partial charge is 0.469 e. The van der Waals surface area contributed by atoms with Crippen molar-refractivity contribution in [3.05, 3.63) is 53.9 Å². The molecule has 4 aromatic heterocycles. The Hall–Kier alpha value is -2.54. The molecule has 0 N–H and O–H groups in total. The van der Waals surface area contributed by atoms with Crippen molar-refractivity contribution in [2.24, 2.45) is 7.05 Å². The Balaban J connectivity index is 1.56. The standard InChI is InChI=1S/C17H17N5OS/c1-11-5-4-7-22-9-13(18-15(11)22)10-24-17-20-19-16(21(17)3)14-6-8-23-12(14)2/h4-9H,10H2,1-3H3. The van der Waals surface area contributed by atoms with Gasteiger partial charge in [-0.2, -0.15) is 0 Å². The van der Waals surface area contributed by atoms with Crippen molar-refractivity contribution >= 4 is 17.4 Å². The molecule has 0 saturated heterocycles. The van der Waals surface area contributed by atoms with Crippen molar-refractivity contribution in [2.45, 2.75) is 24.8 Å². The van der Waals surface area contributed by atoms with Gasteiger partial charge in [0.1, 0.15) is 11.4 Å². The van der Waals surface area contributed by atoms with Crippen LogP contribution in [0.5, 0.6) is 0 Å². The number of hydrogen-bond acceptors (Lipinski definition) is 5. The van der Waals surface area contributed by atoms with Crippen LogP contribution in [0.1, 0.15) is 17.0 Å². The highest BCUT2D eigenvalue weighted by molar-refractivity contribution is 7.98. The molecule has 0 aromatic carbocycles. The molecule has 0 fully saturated rings. The quantitative estimate of drug-likeness (QED) is 0.531.